The van der Waals surface area contributed by atoms with Gasteiger partial charge in [0, 0.05) is 12.3 Å². The number of unbranched alkanes of at least 4 members (excludes halogenated alkanes) is 1. The van der Waals surface area contributed by atoms with E-state index in [0.717, 1.165) is 17.8 Å². The minimum atomic E-state index is -1.07. The van der Waals surface area contributed by atoms with Crippen LogP contribution in [0.25, 0.3) is 0 Å². The fourth-order valence-corrected chi connectivity index (χ4v) is 2.22. The molecule has 0 saturated carbocycles. The molecular formula is C12H17N3O4S. The number of carboxylic acid groups (broad SMARTS) is 1. The van der Waals surface area contributed by atoms with E-state index in [1.807, 2.05) is 6.92 Å². The fourth-order valence-electron chi connectivity index (χ4n) is 1.48. The van der Waals surface area contributed by atoms with Crippen LogP contribution in [-0.2, 0) is 9.59 Å². The second kappa shape index (κ2) is 7.59. The van der Waals surface area contributed by atoms with Gasteiger partial charge in [-0.05, 0) is 6.42 Å². The summed E-state index contributed by atoms with van der Waals surface area (Å²) in [6.07, 6.45) is 1.94. The molecule has 2 amide bonds. The molecule has 20 heavy (non-hydrogen) atoms. The summed E-state index contributed by atoms with van der Waals surface area (Å²) < 4.78 is 0. The average Bonchev–Trinajstić information content (AvgIpc) is 2.81. The van der Waals surface area contributed by atoms with E-state index in [0.29, 0.717) is 18.0 Å². The van der Waals surface area contributed by atoms with Crippen molar-refractivity contribution in [3.05, 3.63) is 11.1 Å². The van der Waals surface area contributed by atoms with Crippen molar-refractivity contribution in [2.24, 2.45) is 0 Å². The van der Waals surface area contributed by atoms with E-state index in [9.17, 15) is 14.4 Å². The highest BCUT2D eigenvalue weighted by Gasteiger charge is 2.21. The molecule has 0 saturated heterocycles. The Kier molecular flexibility index (Phi) is 6.10. The lowest BCUT2D eigenvalue weighted by Crippen LogP contribution is -2.40. The van der Waals surface area contributed by atoms with Crippen LogP contribution in [0.4, 0.5) is 5.13 Å². The van der Waals surface area contributed by atoms with Gasteiger partial charge < -0.3 is 15.7 Å². The summed E-state index contributed by atoms with van der Waals surface area (Å²) in [5, 5.41) is 15.7. The minimum absolute atomic E-state index is 0.0986. The van der Waals surface area contributed by atoms with E-state index in [2.05, 4.69) is 15.6 Å². The van der Waals surface area contributed by atoms with Crippen LogP contribution in [0.2, 0.25) is 0 Å². The Bertz CT molecular complexity index is 501. The molecule has 0 aromatic carbocycles. The fraction of sp³-hybridized carbons (Fsp3) is 0.500. The van der Waals surface area contributed by atoms with Gasteiger partial charge in [-0.25, -0.2) is 9.78 Å². The molecule has 0 aliphatic carbocycles. The zero-order valence-electron chi connectivity index (χ0n) is 11.3. The van der Waals surface area contributed by atoms with Gasteiger partial charge in [0.15, 0.2) is 5.13 Å². The predicted molar refractivity (Wildman–Crippen MR) is 74.8 cm³/mol. The molecular weight excluding hydrogens is 282 g/mol. The summed E-state index contributed by atoms with van der Waals surface area (Å²) in [6.45, 7) is 3.28. The number of rotatable bonds is 7. The Hall–Kier alpha value is -1.96. The van der Waals surface area contributed by atoms with Crippen LogP contribution in [0.15, 0.2) is 5.38 Å². The van der Waals surface area contributed by atoms with E-state index in [-0.39, 0.29) is 11.6 Å². The summed E-state index contributed by atoms with van der Waals surface area (Å²) >= 11 is 1.11. The van der Waals surface area contributed by atoms with Crippen LogP contribution in [0.5, 0.6) is 0 Å². The number of hydrogen-bond acceptors (Lipinski definition) is 5. The lowest BCUT2D eigenvalue weighted by atomic mass is 10.1. The number of carbonyl (C=O) groups is 3. The van der Waals surface area contributed by atoms with E-state index >= 15 is 0 Å². The molecule has 0 radical (unpaired) electrons. The molecule has 8 heteroatoms. The summed E-state index contributed by atoms with van der Waals surface area (Å²) in [4.78, 5) is 37.7. The van der Waals surface area contributed by atoms with Crippen molar-refractivity contribution in [2.75, 3.05) is 5.32 Å². The normalized spacial score (nSPS) is 11.7. The van der Waals surface area contributed by atoms with Crippen molar-refractivity contribution >= 4 is 34.3 Å². The molecule has 0 fully saturated rings. The van der Waals surface area contributed by atoms with E-state index < -0.39 is 17.9 Å². The largest absolute Gasteiger partial charge is 0.480 e. The zero-order chi connectivity index (χ0) is 15.1. The highest BCUT2D eigenvalue weighted by atomic mass is 32.1. The van der Waals surface area contributed by atoms with Gasteiger partial charge in [-0.2, -0.15) is 0 Å². The van der Waals surface area contributed by atoms with E-state index in [1.165, 1.54) is 12.3 Å². The molecule has 0 bridgehead atoms. The first-order chi connectivity index (χ1) is 9.43. The number of nitrogens with one attached hydrogen (secondary N) is 2. The van der Waals surface area contributed by atoms with Gasteiger partial charge in [-0.3, -0.25) is 9.59 Å². The lowest BCUT2D eigenvalue weighted by molar-refractivity contribution is -0.139. The summed E-state index contributed by atoms with van der Waals surface area (Å²) in [5.74, 6) is -1.90. The summed E-state index contributed by atoms with van der Waals surface area (Å²) in [5.41, 5.74) is 0.0986. The number of aliphatic carboxylic acids is 1. The molecule has 1 rings (SSSR count). The number of carbonyl (C=O) groups excluding carboxylic acids is 2. The molecule has 0 aliphatic heterocycles. The number of carboxylic acids is 1. The number of nitrogens with zero attached hydrogens (tertiary/aromatic N) is 1. The summed E-state index contributed by atoms with van der Waals surface area (Å²) in [7, 11) is 0. The molecule has 1 atom stereocenters. The van der Waals surface area contributed by atoms with E-state index in [1.54, 1.807) is 0 Å². The molecule has 1 aromatic heterocycles. The van der Waals surface area contributed by atoms with E-state index in [4.69, 9.17) is 5.11 Å². The first-order valence-corrected chi connectivity index (χ1v) is 7.08. The molecule has 7 nitrogen and oxygen atoms in total. The van der Waals surface area contributed by atoms with Crippen LogP contribution in [0, 0.1) is 0 Å². The standard InChI is InChI=1S/C12H17N3O4S/c1-3-4-5-8(11(18)19)14-10(17)9-6-20-12(15-9)13-7(2)16/h6,8H,3-5H2,1-2H3,(H,14,17)(H,18,19)(H,13,15,16)/t8-/m0/s1. The third-order valence-corrected chi connectivity index (χ3v) is 3.23. The van der Waals surface area contributed by atoms with Gasteiger partial charge in [0.1, 0.15) is 11.7 Å². The molecule has 1 aromatic rings. The molecule has 0 aliphatic rings. The van der Waals surface area contributed by atoms with Crippen molar-refractivity contribution in [3.8, 4) is 0 Å². The molecule has 0 spiro atoms. The van der Waals surface area contributed by atoms with Crippen LogP contribution < -0.4 is 10.6 Å². The number of amides is 2. The van der Waals surface area contributed by atoms with Gasteiger partial charge >= 0.3 is 5.97 Å². The highest BCUT2D eigenvalue weighted by Crippen LogP contribution is 2.15. The predicted octanol–water partition coefficient (Wildman–Crippen LogP) is 1.47. The van der Waals surface area contributed by atoms with Gasteiger partial charge in [0.25, 0.3) is 5.91 Å². The smallest absolute Gasteiger partial charge is 0.326 e. The number of thiazole rings is 1. The topological polar surface area (TPSA) is 108 Å². The average molecular weight is 299 g/mol. The minimum Gasteiger partial charge on any atom is -0.480 e. The third kappa shape index (κ3) is 4.96. The first kappa shape index (κ1) is 16.1. The monoisotopic (exact) mass is 299 g/mol. The van der Waals surface area contributed by atoms with Crippen molar-refractivity contribution in [3.63, 3.8) is 0 Å². The van der Waals surface area contributed by atoms with Gasteiger partial charge in [-0.1, -0.05) is 19.8 Å². The number of hydrogen-bond donors (Lipinski definition) is 3. The Balaban J connectivity index is 2.66. The SMILES string of the molecule is CCCC[C@H](NC(=O)c1csc(NC(C)=O)n1)C(=O)O. The van der Waals surface area contributed by atoms with Crippen molar-refractivity contribution in [1.29, 1.82) is 0 Å². The molecule has 3 N–H and O–H groups in total. The molecule has 110 valence electrons. The highest BCUT2D eigenvalue weighted by molar-refractivity contribution is 7.14. The van der Waals surface area contributed by atoms with Crippen LogP contribution in [0.1, 0.15) is 43.6 Å². The molecule has 1 heterocycles. The van der Waals surface area contributed by atoms with Crippen LogP contribution in [-0.4, -0.2) is 33.9 Å². The lowest BCUT2D eigenvalue weighted by Gasteiger charge is -2.12. The number of aromatic nitrogens is 1. The van der Waals surface area contributed by atoms with Gasteiger partial charge in [0.05, 0.1) is 0 Å². The maximum Gasteiger partial charge on any atom is 0.326 e. The molecule has 0 unspecified atom stereocenters. The Labute approximate surface area is 120 Å². The Morgan fingerprint density at radius 2 is 2.15 bits per heavy atom. The van der Waals surface area contributed by atoms with Gasteiger partial charge in [-0.15, -0.1) is 11.3 Å². The summed E-state index contributed by atoms with van der Waals surface area (Å²) in [6, 6.07) is -0.923. The maximum absolute atomic E-state index is 11.9. The Morgan fingerprint density at radius 3 is 2.70 bits per heavy atom. The Morgan fingerprint density at radius 1 is 1.45 bits per heavy atom. The van der Waals surface area contributed by atoms with Crippen LogP contribution in [0.3, 0.4) is 0 Å². The zero-order valence-corrected chi connectivity index (χ0v) is 12.1. The third-order valence-electron chi connectivity index (χ3n) is 2.47. The van der Waals surface area contributed by atoms with Gasteiger partial charge in [0.2, 0.25) is 5.91 Å². The maximum atomic E-state index is 11.9. The first-order valence-electron chi connectivity index (χ1n) is 6.20. The van der Waals surface area contributed by atoms with Crippen LogP contribution >= 0.6 is 11.3 Å². The van der Waals surface area contributed by atoms with Crippen molar-refractivity contribution in [1.82, 2.24) is 10.3 Å². The second-order valence-electron chi connectivity index (χ2n) is 4.23. The second-order valence-corrected chi connectivity index (χ2v) is 5.08. The van der Waals surface area contributed by atoms with Crippen molar-refractivity contribution in [2.45, 2.75) is 39.2 Å². The number of anilines is 1. The quantitative estimate of drug-likeness (QED) is 0.706. The van der Waals surface area contributed by atoms with Crippen molar-refractivity contribution < 1.29 is 19.5 Å².